The lowest BCUT2D eigenvalue weighted by molar-refractivity contribution is -0.142. The molecule has 1 aliphatic heterocycles. The first-order valence-corrected chi connectivity index (χ1v) is 7.20. The van der Waals surface area contributed by atoms with Crippen molar-refractivity contribution in [1.29, 1.82) is 0 Å². The highest BCUT2D eigenvalue weighted by Gasteiger charge is 2.25. The lowest BCUT2D eigenvalue weighted by Crippen LogP contribution is -2.50. The standard InChI is InChI=1S/C14H26N2O3/c1-4-12(5-2)14(18)16-10-8-15(9-11-16)7-6-13(17)19-3/h12H,4-11H2,1-3H3. The summed E-state index contributed by atoms with van der Waals surface area (Å²) in [5, 5.41) is 0. The molecule has 0 aromatic carbocycles. The molecule has 1 saturated heterocycles. The molecule has 0 atom stereocenters. The number of amides is 1. The van der Waals surface area contributed by atoms with Gasteiger partial charge in [-0.25, -0.2) is 0 Å². The highest BCUT2D eigenvalue weighted by molar-refractivity contribution is 5.78. The second kappa shape index (κ2) is 8.15. The van der Waals surface area contributed by atoms with Crippen LogP contribution in [0.2, 0.25) is 0 Å². The van der Waals surface area contributed by atoms with E-state index in [1.54, 1.807) is 0 Å². The Balaban J connectivity index is 2.32. The Morgan fingerprint density at radius 2 is 1.68 bits per heavy atom. The van der Waals surface area contributed by atoms with Crippen molar-refractivity contribution in [3.8, 4) is 0 Å². The topological polar surface area (TPSA) is 49.9 Å². The average Bonchev–Trinajstić information content (AvgIpc) is 2.46. The Kier molecular flexibility index (Phi) is 6.84. The van der Waals surface area contributed by atoms with Gasteiger partial charge < -0.3 is 9.64 Å². The first kappa shape index (κ1) is 16.0. The average molecular weight is 270 g/mol. The van der Waals surface area contributed by atoms with Crippen molar-refractivity contribution in [3.63, 3.8) is 0 Å². The number of nitrogens with zero attached hydrogens (tertiary/aromatic N) is 2. The molecule has 0 aliphatic carbocycles. The van der Waals surface area contributed by atoms with Gasteiger partial charge in [0.25, 0.3) is 0 Å². The lowest BCUT2D eigenvalue weighted by atomic mass is 10.0. The summed E-state index contributed by atoms with van der Waals surface area (Å²) in [6, 6.07) is 0. The van der Waals surface area contributed by atoms with Gasteiger partial charge in [0.15, 0.2) is 0 Å². The van der Waals surface area contributed by atoms with Gasteiger partial charge in [-0.1, -0.05) is 13.8 Å². The maximum Gasteiger partial charge on any atom is 0.306 e. The van der Waals surface area contributed by atoms with Crippen molar-refractivity contribution in [2.24, 2.45) is 5.92 Å². The molecule has 0 radical (unpaired) electrons. The minimum Gasteiger partial charge on any atom is -0.469 e. The van der Waals surface area contributed by atoms with Crippen LogP contribution in [0.3, 0.4) is 0 Å². The molecule has 5 nitrogen and oxygen atoms in total. The van der Waals surface area contributed by atoms with Crippen LogP contribution in [0.25, 0.3) is 0 Å². The Bertz CT molecular complexity index is 295. The van der Waals surface area contributed by atoms with Gasteiger partial charge in [-0.15, -0.1) is 0 Å². The van der Waals surface area contributed by atoms with Crippen LogP contribution >= 0.6 is 0 Å². The van der Waals surface area contributed by atoms with Crippen molar-refractivity contribution < 1.29 is 14.3 Å². The fraction of sp³-hybridized carbons (Fsp3) is 0.857. The molecular formula is C14H26N2O3. The molecule has 5 heteroatoms. The first-order chi connectivity index (χ1) is 9.12. The molecule has 19 heavy (non-hydrogen) atoms. The van der Waals surface area contributed by atoms with Crippen LogP contribution in [0.5, 0.6) is 0 Å². The van der Waals surface area contributed by atoms with Crippen molar-refractivity contribution in [3.05, 3.63) is 0 Å². The molecule has 0 unspecified atom stereocenters. The molecule has 0 spiro atoms. The van der Waals surface area contributed by atoms with E-state index in [2.05, 4.69) is 23.5 Å². The molecule has 0 aromatic rings. The van der Waals surface area contributed by atoms with Crippen LogP contribution in [-0.4, -0.2) is 61.5 Å². The van der Waals surface area contributed by atoms with E-state index >= 15 is 0 Å². The summed E-state index contributed by atoms with van der Waals surface area (Å²) < 4.78 is 4.63. The molecule has 1 amide bonds. The minimum absolute atomic E-state index is 0.168. The molecule has 0 saturated carbocycles. The number of ether oxygens (including phenoxy) is 1. The normalized spacial score (nSPS) is 16.7. The monoisotopic (exact) mass is 270 g/mol. The first-order valence-electron chi connectivity index (χ1n) is 7.20. The summed E-state index contributed by atoms with van der Waals surface area (Å²) >= 11 is 0. The molecular weight excluding hydrogens is 244 g/mol. The molecule has 0 bridgehead atoms. The second-order valence-electron chi connectivity index (χ2n) is 5.01. The third kappa shape index (κ3) is 4.82. The van der Waals surface area contributed by atoms with Gasteiger partial charge in [0.05, 0.1) is 13.5 Å². The number of methoxy groups -OCH3 is 1. The molecule has 110 valence electrons. The van der Waals surface area contributed by atoms with Gasteiger partial charge >= 0.3 is 5.97 Å². The highest BCUT2D eigenvalue weighted by atomic mass is 16.5. The third-order valence-corrected chi connectivity index (χ3v) is 3.88. The SMILES string of the molecule is CCC(CC)C(=O)N1CCN(CCC(=O)OC)CC1. The number of rotatable bonds is 6. The van der Waals surface area contributed by atoms with Gasteiger partial charge in [-0.3, -0.25) is 14.5 Å². The largest absolute Gasteiger partial charge is 0.469 e. The van der Waals surface area contributed by atoms with Crippen LogP contribution < -0.4 is 0 Å². The number of carbonyl (C=O) groups is 2. The molecule has 1 heterocycles. The van der Waals surface area contributed by atoms with Gasteiger partial charge in [0.2, 0.25) is 5.91 Å². The van der Waals surface area contributed by atoms with Crippen molar-refractivity contribution in [1.82, 2.24) is 9.80 Å². The van der Waals surface area contributed by atoms with Crippen molar-refractivity contribution >= 4 is 11.9 Å². The van der Waals surface area contributed by atoms with E-state index in [1.807, 2.05) is 4.90 Å². The quantitative estimate of drug-likeness (QED) is 0.679. The summed E-state index contributed by atoms with van der Waals surface area (Å²) in [7, 11) is 1.41. The highest BCUT2D eigenvalue weighted by Crippen LogP contribution is 2.14. The van der Waals surface area contributed by atoms with E-state index in [4.69, 9.17) is 0 Å². The predicted octanol–water partition coefficient (Wildman–Crippen LogP) is 1.13. The van der Waals surface area contributed by atoms with Gasteiger partial charge in [0, 0.05) is 38.6 Å². The number of piperazine rings is 1. The summed E-state index contributed by atoms with van der Waals surface area (Å²) in [4.78, 5) is 27.5. The second-order valence-corrected chi connectivity index (χ2v) is 5.01. The van der Waals surface area contributed by atoms with Crippen LogP contribution in [0.1, 0.15) is 33.1 Å². The zero-order valence-electron chi connectivity index (χ0n) is 12.4. The van der Waals surface area contributed by atoms with Gasteiger partial charge in [-0.05, 0) is 12.8 Å². The molecule has 0 N–H and O–H groups in total. The Hall–Kier alpha value is -1.10. The lowest BCUT2D eigenvalue weighted by Gasteiger charge is -2.36. The van der Waals surface area contributed by atoms with Crippen molar-refractivity contribution in [2.75, 3.05) is 39.8 Å². The Morgan fingerprint density at radius 1 is 1.11 bits per heavy atom. The zero-order chi connectivity index (χ0) is 14.3. The van der Waals surface area contributed by atoms with E-state index in [0.29, 0.717) is 6.42 Å². The third-order valence-electron chi connectivity index (χ3n) is 3.88. The molecule has 1 aliphatic rings. The Morgan fingerprint density at radius 3 is 2.16 bits per heavy atom. The smallest absolute Gasteiger partial charge is 0.306 e. The zero-order valence-corrected chi connectivity index (χ0v) is 12.4. The Labute approximate surface area is 115 Å². The maximum atomic E-state index is 12.2. The van der Waals surface area contributed by atoms with Crippen LogP contribution in [0.15, 0.2) is 0 Å². The van der Waals surface area contributed by atoms with Crippen LogP contribution in [0.4, 0.5) is 0 Å². The van der Waals surface area contributed by atoms with E-state index < -0.39 is 0 Å². The fourth-order valence-electron chi connectivity index (χ4n) is 2.44. The van der Waals surface area contributed by atoms with E-state index in [0.717, 1.165) is 45.6 Å². The van der Waals surface area contributed by atoms with Gasteiger partial charge in [0.1, 0.15) is 0 Å². The van der Waals surface area contributed by atoms with E-state index in [9.17, 15) is 9.59 Å². The maximum absolute atomic E-state index is 12.2. The minimum atomic E-state index is -0.171. The summed E-state index contributed by atoms with van der Waals surface area (Å²) in [6.07, 6.45) is 2.26. The molecule has 1 rings (SSSR count). The summed E-state index contributed by atoms with van der Waals surface area (Å²) in [5.41, 5.74) is 0. The van der Waals surface area contributed by atoms with Crippen molar-refractivity contribution in [2.45, 2.75) is 33.1 Å². The number of hydrogen-bond donors (Lipinski definition) is 0. The molecule has 1 fully saturated rings. The van der Waals surface area contributed by atoms with E-state index in [-0.39, 0.29) is 17.8 Å². The van der Waals surface area contributed by atoms with Crippen LogP contribution in [0, 0.1) is 5.92 Å². The predicted molar refractivity (Wildman–Crippen MR) is 73.7 cm³/mol. The summed E-state index contributed by atoms with van der Waals surface area (Å²) in [6.45, 7) is 8.11. The number of hydrogen-bond acceptors (Lipinski definition) is 4. The number of esters is 1. The fourth-order valence-corrected chi connectivity index (χ4v) is 2.44. The van der Waals surface area contributed by atoms with Gasteiger partial charge in [-0.2, -0.15) is 0 Å². The number of carbonyl (C=O) groups excluding carboxylic acids is 2. The van der Waals surface area contributed by atoms with Crippen LogP contribution in [-0.2, 0) is 14.3 Å². The summed E-state index contributed by atoms with van der Waals surface area (Å²) in [5.74, 6) is 0.287. The van der Waals surface area contributed by atoms with E-state index in [1.165, 1.54) is 7.11 Å². The molecule has 0 aromatic heterocycles.